The van der Waals surface area contributed by atoms with Gasteiger partial charge in [-0.2, -0.15) is 0 Å². The van der Waals surface area contributed by atoms with Crippen molar-refractivity contribution in [2.24, 2.45) is 0 Å². The van der Waals surface area contributed by atoms with E-state index in [0.29, 0.717) is 31.0 Å². The number of hydrogen-bond donors (Lipinski definition) is 0. The summed E-state index contributed by atoms with van der Waals surface area (Å²) in [7, 11) is 36.6. The minimum Gasteiger partial charge on any atom is -0.385 e. The van der Waals surface area contributed by atoms with E-state index in [1.807, 2.05) is 14.2 Å². The molecule has 0 fully saturated rings. The average molecular weight is 1420 g/mol. The summed E-state index contributed by atoms with van der Waals surface area (Å²) in [5.74, 6) is 0. The fourth-order valence-electron chi connectivity index (χ4n) is 9.86. The van der Waals surface area contributed by atoms with Crippen LogP contribution in [0.25, 0.3) is 0 Å². The summed E-state index contributed by atoms with van der Waals surface area (Å²) in [5, 5.41) is 0. The van der Waals surface area contributed by atoms with Crippen molar-refractivity contribution < 1.29 is 99.5 Å². The largest absolute Gasteiger partial charge is 0.385 e. The van der Waals surface area contributed by atoms with Crippen molar-refractivity contribution >= 4 is 0 Å². The van der Waals surface area contributed by atoms with Crippen LogP contribution < -0.4 is 0 Å². The molecule has 0 heterocycles. The zero-order chi connectivity index (χ0) is 73.8. The van der Waals surface area contributed by atoms with E-state index in [-0.39, 0.29) is 18.3 Å². The fraction of sp³-hybridized carbons (Fsp3) is 1.00. The summed E-state index contributed by atoms with van der Waals surface area (Å²) in [6.07, 6.45) is 41.5. The lowest BCUT2D eigenvalue weighted by atomic mass is 10.0. The Hall–Kier alpha value is -0.840. The monoisotopic (exact) mass is 1420 g/mol. The van der Waals surface area contributed by atoms with Gasteiger partial charge in [0, 0.05) is 235 Å². The molecule has 0 radical (unpaired) electrons. The van der Waals surface area contributed by atoms with Gasteiger partial charge in [0.25, 0.3) is 0 Å². The Labute approximate surface area is 600 Å². The first-order valence-corrected chi connectivity index (χ1v) is 37.0. The molecular formula is C76H166O21. The van der Waals surface area contributed by atoms with Gasteiger partial charge in [0.15, 0.2) is 0 Å². The van der Waals surface area contributed by atoms with Crippen molar-refractivity contribution in [2.75, 3.05) is 242 Å². The van der Waals surface area contributed by atoms with Crippen LogP contribution in [0.3, 0.4) is 0 Å². The third-order valence-electron chi connectivity index (χ3n) is 16.1. The highest BCUT2D eigenvalue weighted by Gasteiger charge is 2.11. The standard InChI is InChI=1S/2C14H30O3.C12H26O3.2C10H22O3.2C8H18O3/c2*1-15-12-8-4-6-10-14(17-3)11-7-5-9-13-16-2;1-13-10-6-4-8-12(15-3)9-5-7-11-14-2;1-11-8-4-6-10(13-3)7-5-9-12-2;1-11-8-6-4-5-7-10(13-3)9-12-2;2*1-9-6-4-8(11-3)5-7-10-2/h2*14H,4-13H2,1-3H3;12H,4-11H2,1-3H3;2*10H,4-9H2,1-3H3;2*8H,4-7H2,1-3H3. The van der Waals surface area contributed by atoms with Crippen LogP contribution >= 0.6 is 0 Å². The summed E-state index contributed by atoms with van der Waals surface area (Å²) >= 11 is 0. The van der Waals surface area contributed by atoms with Gasteiger partial charge in [-0.3, -0.25) is 0 Å². The van der Waals surface area contributed by atoms with Gasteiger partial charge in [-0.25, -0.2) is 0 Å². The molecule has 0 bridgehead atoms. The van der Waals surface area contributed by atoms with Crippen LogP contribution in [-0.2, 0) is 99.5 Å². The molecule has 0 saturated heterocycles. The minimum absolute atomic E-state index is 0.257. The molecule has 1 unspecified atom stereocenters. The maximum atomic E-state index is 5.50. The molecule has 0 aliphatic heterocycles. The molecule has 21 nitrogen and oxygen atoms in total. The van der Waals surface area contributed by atoms with Gasteiger partial charge in [-0.1, -0.05) is 64.2 Å². The Morgan fingerprint density at radius 3 is 0.443 bits per heavy atom. The molecule has 0 aliphatic carbocycles. The van der Waals surface area contributed by atoms with Crippen molar-refractivity contribution in [3.63, 3.8) is 0 Å². The smallest absolute Gasteiger partial charge is 0.0804 e. The van der Waals surface area contributed by atoms with Gasteiger partial charge in [0.1, 0.15) is 0 Å². The van der Waals surface area contributed by atoms with Crippen molar-refractivity contribution in [1.29, 1.82) is 0 Å². The molecule has 0 N–H and O–H groups in total. The van der Waals surface area contributed by atoms with Crippen LogP contribution in [0.1, 0.15) is 218 Å². The lowest BCUT2D eigenvalue weighted by Gasteiger charge is -2.14. The summed E-state index contributed by atoms with van der Waals surface area (Å²) in [6.45, 7) is 11.5. The maximum Gasteiger partial charge on any atom is 0.0804 e. The molecule has 0 aliphatic rings. The quantitative estimate of drug-likeness (QED) is 0.0521. The van der Waals surface area contributed by atoms with Crippen molar-refractivity contribution in [3.8, 4) is 0 Å². The summed E-state index contributed by atoms with van der Waals surface area (Å²) in [5.41, 5.74) is 0. The third kappa shape index (κ3) is 104. The van der Waals surface area contributed by atoms with E-state index in [2.05, 4.69) is 0 Å². The molecule has 1 atom stereocenters. The highest BCUT2D eigenvalue weighted by Crippen LogP contribution is 2.17. The van der Waals surface area contributed by atoms with Crippen molar-refractivity contribution in [2.45, 2.75) is 261 Å². The normalized spacial score (nSPS) is 11.4. The number of ether oxygens (including phenoxy) is 21. The van der Waals surface area contributed by atoms with Crippen LogP contribution in [0.15, 0.2) is 0 Å². The Morgan fingerprint density at radius 2 is 0.268 bits per heavy atom. The van der Waals surface area contributed by atoms with Crippen LogP contribution in [0.5, 0.6) is 0 Å². The lowest BCUT2D eigenvalue weighted by molar-refractivity contribution is 0.0218. The molecule has 0 rings (SSSR count). The van der Waals surface area contributed by atoms with Crippen molar-refractivity contribution in [1.82, 2.24) is 0 Å². The molecular weight excluding hydrogens is 1250 g/mol. The van der Waals surface area contributed by atoms with Crippen LogP contribution in [0, 0.1) is 0 Å². The molecule has 0 aromatic rings. The van der Waals surface area contributed by atoms with E-state index < -0.39 is 0 Å². The van der Waals surface area contributed by atoms with E-state index in [1.165, 1.54) is 128 Å². The van der Waals surface area contributed by atoms with Crippen LogP contribution in [0.4, 0.5) is 0 Å². The average Bonchev–Trinajstić information content (AvgIpc) is 3.73. The molecule has 0 aromatic carbocycles. The van der Waals surface area contributed by atoms with E-state index in [0.717, 1.165) is 176 Å². The summed E-state index contributed by atoms with van der Waals surface area (Å²) < 4.78 is 107. The van der Waals surface area contributed by atoms with Crippen LogP contribution in [-0.4, -0.2) is 285 Å². The van der Waals surface area contributed by atoms with Gasteiger partial charge < -0.3 is 99.5 Å². The van der Waals surface area contributed by atoms with Gasteiger partial charge in [0.2, 0.25) is 0 Å². The van der Waals surface area contributed by atoms with Crippen LogP contribution in [0.2, 0.25) is 0 Å². The first-order valence-electron chi connectivity index (χ1n) is 37.0. The molecule has 97 heavy (non-hydrogen) atoms. The second-order valence-corrected chi connectivity index (χ2v) is 24.0. The molecule has 21 heteroatoms. The highest BCUT2D eigenvalue weighted by molar-refractivity contribution is 4.63. The van der Waals surface area contributed by atoms with E-state index >= 15 is 0 Å². The van der Waals surface area contributed by atoms with Crippen molar-refractivity contribution in [3.05, 3.63) is 0 Å². The number of rotatable bonds is 69. The number of methoxy groups -OCH3 is 21. The molecule has 0 amide bonds. The zero-order valence-electron chi connectivity index (χ0n) is 67.6. The SMILES string of the molecule is COCCC(CCOC)OC.COCCC(CCOC)OC.COCCCC(CCCOC)OC.COCCCCC(CCCCOC)OC.COCCCCCC(CCCCCOC)OC.COCCCCCC(CCCCCOC)OC.COCCCCCC(COC)OC. The molecule has 596 valence electrons. The number of unbranched alkanes of at least 4 members (excludes halogenated alkanes) is 12. The second kappa shape index (κ2) is 106. The number of hydrogen-bond acceptors (Lipinski definition) is 21. The first-order chi connectivity index (χ1) is 47.4. The third-order valence-corrected chi connectivity index (χ3v) is 16.1. The fourth-order valence-corrected chi connectivity index (χ4v) is 9.86. The Bertz CT molecular complexity index is 1120. The first kappa shape index (κ1) is 110. The lowest BCUT2D eigenvalue weighted by Crippen LogP contribution is -2.16. The Morgan fingerprint density at radius 1 is 0.124 bits per heavy atom. The molecule has 0 saturated carbocycles. The van der Waals surface area contributed by atoms with E-state index in [4.69, 9.17) is 99.5 Å². The van der Waals surface area contributed by atoms with Gasteiger partial charge in [-0.15, -0.1) is 0 Å². The molecule has 0 aromatic heterocycles. The second-order valence-electron chi connectivity index (χ2n) is 24.0. The summed E-state index contributed by atoms with van der Waals surface area (Å²) in [6, 6.07) is 0. The zero-order valence-corrected chi connectivity index (χ0v) is 67.6. The highest BCUT2D eigenvalue weighted by atomic mass is 16.5. The topological polar surface area (TPSA) is 194 Å². The molecule has 0 spiro atoms. The van der Waals surface area contributed by atoms with E-state index in [9.17, 15) is 0 Å². The van der Waals surface area contributed by atoms with Gasteiger partial charge in [-0.05, 0) is 154 Å². The Balaban J connectivity index is -0.000000196. The Kier molecular flexibility index (Phi) is 120. The van der Waals surface area contributed by atoms with Gasteiger partial charge >= 0.3 is 0 Å². The van der Waals surface area contributed by atoms with Gasteiger partial charge in [0.05, 0.1) is 49.3 Å². The predicted octanol–water partition coefficient (Wildman–Crippen LogP) is 15.3. The maximum absolute atomic E-state index is 5.50. The van der Waals surface area contributed by atoms with E-state index in [1.54, 1.807) is 135 Å². The summed E-state index contributed by atoms with van der Waals surface area (Å²) in [4.78, 5) is 0. The predicted molar refractivity (Wildman–Crippen MR) is 399 cm³/mol. The minimum atomic E-state index is 0.257.